The molecule has 0 saturated carbocycles. The summed E-state index contributed by atoms with van der Waals surface area (Å²) in [7, 11) is 0. The zero-order valence-corrected chi connectivity index (χ0v) is 9.84. The summed E-state index contributed by atoms with van der Waals surface area (Å²) in [6.07, 6.45) is 0. The van der Waals surface area contributed by atoms with E-state index in [4.69, 9.17) is 0 Å². The van der Waals surface area contributed by atoms with E-state index in [0.29, 0.717) is 0 Å². The Kier molecular flexibility index (Phi) is 3.06. The van der Waals surface area contributed by atoms with Crippen LogP contribution in [0.5, 0.6) is 0 Å². The van der Waals surface area contributed by atoms with E-state index in [9.17, 15) is 0 Å². The van der Waals surface area contributed by atoms with E-state index in [-0.39, 0.29) is 0 Å². The van der Waals surface area contributed by atoms with Crippen LogP contribution in [0.1, 0.15) is 18.2 Å². The zero-order chi connectivity index (χ0) is 10.7. The lowest BCUT2D eigenvalue weighted by Gasteiger charge is -2.00. The first kappa shape index (κ1) is 10.2. The number of hydrogen-bond acceptors (Lipinski definition) is 3. The summed E-state index contributed by atoms with van der Waals surface area (Å²) in [5.41, 5.74) is 2.51. The number of hydrogen-bond donors (Lipinski definition) is 1. The standard InChI is InChI=1S/C11H15N3S/c1-3-14-9(2)6-11(13-14)12-7-10-4-5-15-8-10/h4-6,8H,3,7H2,1-2H3,(H,12,13). The molecule has 4 heteroatoms. The lowest BCUT2D eigenvalue weighted by atomic mass is 10.3. The highest BCUT2D eigenvalue weighted by Gasteiger charge is 2.01. The number of nitrogens with one attached hydrogen (secondary N) is 1. The van der Waals surface area contributed by atoms with Crippen LogP contribution in [0, 0.1) is 6.92 Å². The molecule has 2 aromatic heterocycles. The molecule has 15 heavy (non-hydrogen) atoms. The molecule has 0 aromatic carbocycles. The molecule has 0 aliphatic heterocycles. The van der Waals surface area contributed by atoms with Gasteiger partial charge in [-0.15, -0.1) is 0 Å². The molecule has 0 atom stereocenters. The summed E-state index contributed by atoms with van der Waals surface area (Å²) in [4.78, 5) is 0. The van der Waals surface area contributed by atoms with Gasteiger partial charge in [-0.2, -0.15) is 16.4 Å². The van der Waals surface area contributed by atoms with Crippen molar-refractivity contribution in [3.05, 3.63) is 34.2 Å². The molecule has 0 aliphatic carbocycles. The maximum atomic E-state index is 4.44. The van der Waals surface area contributed by atoms with Gasteiger partial charge in [0.15, 0.2) is 0 Å². The summed E-state index contributed by atoms with van der Waals surface area (Å²) >= 11 is 1.72. The smallest absolute Gasteiger partial charge is 0.148 e. The number of aromatic nitrogens is 2. The Morgan fingerprint density at radius 1 is 1.53 bits per heavy atom. The Hall–Kier alpha value is -1.29. The average Bonchev–Trinajstić information content (AvgIpc) is 2.83. The fourth-order valence-corrected chi connectivity index (χ4v) is 2.17. The molecule has 0 spiro atoms. The third-order valence-electron chi connectivity index (χ3n) is 2.33. The van der Waals surface area contributed by atoms with Crippen LogP contribution in [-0.2, 0) is 13.1 Å². The molecular weight excluding hydrogens is 206 g/mol. The summed E-state index contributed by atoms with van der Waals surface area (Å²) in [6.45, 7) is 5.95. The van der Waals surface area contributed by atoms with E-state index >= 15 is 0 Å². The minimum atomic E-state index is 0.851. The van der Waals surface area contributed by atoms with Crippen molar-refractivity contribution < 1.29 is 0 Å². The van der Waals surface area contributed by atoms with Gasteiger partial charge >= 0.3 is 0 Å². The highest BCUT2D eigenvalue weighted by molar-refractivity contribution is 7.07. The fraction of sp³-hybridized carbons (Fsp3) is 0.364. The van der Waals surface area contributed by atoms with Gasteiger partial charge in [-0.05, 0) is 36.2 Å². The van der Waals surface area contributed by atoms with E-state index in [1.165, 1.54) is 11.3 Å². The van der Waals surface area contributed by atoms with Gasteiger partial charge in [0.25, 0.3) is 0 Å². The van der Waals surface area contributed by atoms with Crippen LogP contribution >= 0.6 is 11.3 Å². The quantitative estimate of drug-likeness (QED) is 0.860. The molecule has 80 valence electrons. The van der Waals surface area contributed by atoms with Crippen molar-refractivity contribution in [2.45, 2.75) is 26.9 Å². The molecule has 0 unspecified atom stereocenters. The number of aryl methyl sites for hydroxylation is 2. The van der Waals surface area contributed by atoms with Gasteiger partial charge in [0.05, 0.1) is 0 Å². The predicted octanol–water partition coefficient (Wildman–Crippen LogP) is 2.89. The van der Waals surface area contributed by atoms with Crippen LogP contribution < -0.4 is 5.32 Å². The summed E-state index contributed by atoms with van der Waals surface area (Å²) < 4.78 is 2.00. The topological polar surface area (TPSA) is 29.9 Å². The molecule has 0 aliphatic rings. The molecule has 3 nitrogen and oxygen atoms in total. The summed E-state index contributed by atoms with van der Waals surface area (Å²) in [6, 6.07) is 4.21. The van der Waals surface area contributed by atoms with Crippen LogP contribution in [0.4, 0.5) is 5.82 Å². The van der Waals surface area contributed by atoms with Crippen molar-refractivity contribution in [1.82, 2.24) is 9.78 Å². The van der Waals surface area contributed by atoms with E-state index in [0.717, 1.165) is 18.9 Å². The van der Waals surface area contributed by atoms with Crippen LogP contribution in [0.3, 0.4) is 0 Å². The number of nitrogens with zero attached hydrogens (tertiary/aromatic N) is 2. The lowest BCUT2D eigenvalue weighted by molar-refractivity contribution is 0.641. The molecule has 0 amide bonds. The van der Waals surface area contributed by atoms with Gasteiger partial charge in [-0.1, -0.05) is 0 Å². The third-order valence-corrected chi connectivity index (χ3v) is 3.07. The largest absolute Gasteiger partial charge is 0.364 e. The van der Waals surface area contributed by atoms with Crippen molar-refractivity contribution in [2.24, 2.45) is 0 Å². The van der Waals surface area contributed by atoms with Crippen molar-refractivity contribution in [1.29, 1.82) is 0 Å². The molecular formula is C11H15N3S. The lowest BCUT2D eigenvalue weighted by Crippen LogP contribution is -2.01. The van der Waals surface area contributed by atoms with Gasteiger partial charge < -0.3 is 5.32 Å². The molecule has 0 bridgehead atoms. The first-order valence-corrected chi connectivity index (χ1v) is 6.03. The van der Waals surface area contributed by atoms with E-state index in [2.05, 4.69) is 47.2 Å². The zero-order valence-electron chi connectivity index (χ0n) is 9.03. The van der Waals surface area contributed by atoms with E-state index in [1.807, 2.05) is 4.68 Å². The molecule has 0 fully saturated rings. The predicted molar refractivity (Wildman–Crippen MR) is 64.3 cm³/mol. The number of thiophene rings is 1. The summed E-state index contributed by atoms with van der Waals surface area (Å²) in [5.74, 6) is 0.959. The van der Waals surface area contributed by atoms with E-state index in [1.54, 1.807) is 11.3 Å². The Morgan fingerprint density at radius 2 is 2.40 bits per heavy atom. The molecule has 2 heterocycles. The second-order valence-corrected chi connectivity index (χ2v) is 4.25. The molecule has 2 rings (SSSR count). The second kappa shape index (κ2) is 4.49. The minimum Gasteiger partial charge on any atom is -0.364 e. The monoisotopic (exact) mass is 221 g/mol. The second-order valence-electron chi connectivity index (χ2n) is 3.47. The number of anilines is 1. The third kappa shape index (κ3) is 2.39. The van der Waals surface area contributed by atoms with Crippen molar-refractivity contribution >= 4 is 17.2 Å². The maximum absolute atomic E-state index is 4.44. The fourth-order valence-electron chi connectivity index (χ4n) is 1.50. The van der Waals surface area contributed by atoms with Crippen molar-refractivity contribution in [3.8, 4) is 0 Å². The molecule has 1 N–H and O–H groups in total. The molecule has 2 aromatic rings. The Balaban J connectivity index is 1.99. The van der Waals surface area contributed by atoms with Crippen LogP contribution in [0.25, 0.3) is 0 Å². The van der Waals surface area contributed by atoms with Crippen LogP contribution in [0.2, 0.25) is 0 Å². The highest BCUT2D eigenvalue weighted by atomic mass is 32.1. The van der Waals surface area contributed by atoms with Crippen LogP contribution in [-0.4, -0.2) is 9.78 Å². The molecule has 0 radical (unpaired) electrons. The Morgan fingerprint density at radius 3 is 3.00 bits per heavy atom. The minimum absolute atomic E-state index is 0.851. The maximum Gasteiger partial charge on any atom is 0.148 e. The highest BCUT2D eigenvalue weighted by Crippen LogP contribution is 2.11. The number of rotatable bonds is 4. The van der Waals surface area contributed by atoms with Crippen molar-refractivity contribution in [2.75, 3.05) is 5.32 Å². The Bertz CT molecular complexity index is 417. The SMILES string of the molecule is CCn1nc(NCc2ccsc2)cc1C. The van der Waals surface area contributed by atoms with Crippen molar-refractivity contribution in [3.63, 3.8) is 0 Å². The van der Waals surface area contributed by atoms with Gasteiger partial charge in [0, 0.05) is 24.8 Å². The first-order chi connectivity index (χ1) is 7.29. The van der Waals surface area contributed by atoms with Gasteiger partial charge in [-0.3, -0.25) is 4.68 Å². The van der Waals surface area contributed by atoms with Gasteiger partial charge in [0.2, 0.25) is 0 Å². The average molecular weight is 221 g/mol. The molecule has 0 saturated heterocycles. The van der Waals surface area contributed by atoms with Crippen LogP contribution in [0.15, 0.2) is 22.9 Å². The van der Waals surface area contributed by atoms with E-state index < -0.39 is 0 Å². The Labute approximate surface area is 93.7 Å². The normalized spacial score (nSPS) is 10.5. The van der Waals surface area contributed by atoms with Gasteiger partial charge in [-0.25, -0.2) is 0 Å². The summed E-state index contributed by atoms with van der Waals surface area (Å²) in [5, 5.41) is 12.0. The van der Waals surface area contributed by atoms with Gasteiger partial charge in [0.1, 0.15) is 5.82 Å². The first-order valence-electron chi connectivity index (χ1n) is 5.09.